The maximum absolute atomic E-state index is 4.61. The van der Waals surface area contributed by atoms with Gasteiger partial charge in [-0.1, -0.05) is 6.07 Å². The van der Waals surface area contributed by atoms with Crippen LogP contribution in [0.5, 0.6) is 0 Å². The minimum Gasteiger partial charge on any atom is -0.316 e. The Morgan fingerprint density at radius 3 is 3.06 bits per heavy atom. The van der Waals surface area contributed by atoms with Crippen molar-refractivity contribution in [2.24, 2.45) is 11.8 Å². The third-order valence-corrected chi connectivity index (χ3v) is 4.37. The molecular formula is C14H21N3. The molecule has 0 aromatic carbocycles. The summed E-state index contributed by atoms with van der Waals surface area (Å²) < 4.78 is 0. The van der Waals surface area contributed by atoms with Crippen LogP contribution in [-0.4, -0.2) is 35.6 Å². The van der Waals surface area contributed by atoms with E-state index in [9.17, 15) is 0 Å². The third-order valence-electron chi connectivity index (χ3n) is 4.37. The van der Waals surface area contributed by atoms with E-state index in [1.165, 1.54) is 25.3 Å². The van der Waals surface area contributed by atoms with E-state index < -0.39 is 0 Å². The lowest BCUT2D eigenvalue weighted by Crippen LogP contribution is -2.33. The normalized spacial score (nSPS) is 32.9. The quantitative estimate of drug-likeness (QED) is 0.834. The number of aryl methyl sites for hydroxylation is 1. The van der Waals surface area contributed by atoms with E-state index in [0.29, 0.717) is 6.04 Å². The third kappa shape index (κ3) is 2.09. The van der Waals surface area contributed by atoms with Crippen LogP contribution in [0.2, 0.25) is 0 Å². The lowest BCUT2D eigenvalue weighted by molar-refractivity contribution is 0.229. The Morgan fingerprint density at radius 2 is 2.29 bits per heavy atom. The lowest BCUT2D eigenvalue weighted by Gasteiger charge is -2.23. The van der Waals surface area contributed by atoms with Crippen LogP contribution in [0.15, 0.2) is 18.2 Å². The highest BCUT2D eigenvalue weighted by Gasteiger charge is 2.41. The number of rotatable bonds is 2. The Bertz CT molecular complexity index is 404. The maximum atomic E-state index is 4.61. The molecule has 3 heteroatoms. The van der Waals surface area contributed by atoms with Gasteiger partial charge in [-0.3, -0.25) is 9.88 Å². The first kappa shape index (κ1) is 11.2. The standard InChI is InChI=1S/C14H21N3/c1-10-4-3-5-13(16-10)9-17-8-12-6-15-7-14(12)11(17)2/h3-5,11-12,14-15H,6-9H2,1-2H3. The van der Waals surface area contributed by atoms with Crippen LogP contribution < -0.4 is 5.32 Å². The van der Waals surface area contributed by atoms with E-state index in [1.54, 1.807) is 0 Å². The zero-order valence-corrected chi connectivity index (χ0v) is 10.7. The Balaban J connectivity index is 1.70. The molecule has 0 spiro atoms. The zero-order valence-electron chi connectivity index (χ0n) is 10.7. The Labute approximate surface area is 103 Å². The van der Waals surface area contributed by atoms with Crippen molar-refractivity contribution in [3.05, 3.63) is 29.6 Å². The number of hydrogen-bond acceptors (Lipinski definition) is 3. The molecule has 3 rings (SSSR count). The largest absolute Gasteiger partial charge is 0.316 e. The molecule has 0 radical (unpaired) electrons. The van der Waals surface area contributed by atoms with E-state index in [4.69, 9.17) is 0 Å². The summed E-state index contributed by atoms with van der Waals surface area (Å²) in [4.78, 5) is 7.20. The Morgan fingerprint density at radius 1 is 1.41 bits per heavy atom. The maximum Gasteiger partial charge on any atom is 0.0547 e. The molecule has 0 aliphatic carbocycles. The number of aromatic nitrogens is 1. The molecule has 1 N–H and O–H groups in total. The summed E-state index contributed by atoms with van der Waals surface area (Å²) >= 11 is 0. The first-order valence-electron chi connectivity index (χ1n) is 6.61. The SMILES string of the molecule is Cc1cccc(CN2CC3CNCC3C2C)n1. The van der Waals surface area contributed by atoms with Gasteiger partial charge in [-0.15, -0.1) is 0 Å². The van der Waals surface area contributed by atoms with Crippen molar-refractivity contribution in [2.75, 3.05) is 19.6 Å². The molecule has 17 heavy (non-hydrogen) atoms. The predicted molar refractivity (Wildman–Crippen MR) is 68.7 cm³/mol. The van der Waals surface area contributed by atoms with Crippen LogP contribution >= 0.6 is 0 Å². The van der Waals surface area contributed by atoms with Crippen molar-refractivity contribution in [3.63, 3.8) is 0 Å². The summed E-state index contributed by atoms with van der Waals surface area (Å²) in [6.07, 6.45) is 0. The topological polar surface area (TPSA) is 28.2 Å². The van der Waals surface area contributed by atoms with Gasteiger partial charge < -0.3 is 5.32 Å². The molecule has 3 heterocycles. The first-order chi connectivity index (χ1) is 8.24. The summed E-state index contributed by atoms with van der Waals surface area (Å²) in [5, 5.41) is 3.51. The fourth-order valence-electron chi connectivity index (χ4n) is 3.36. The highest BCUT2D eigenvalue weighted by molar-refractivity contribution is 5.11. The van der Waals surface area contributed by atoms with E-state index in [1.807, 2.05) is 0 Å². The minimum atomic E-state index is 0.692. The molecule has 0 amide bonds. The van der Waals surface area contributed by atoms with Crippen molar-refractivity contribution < 1.29 is 0 Å². The molecule has 3 nitrogen and oxygen atoms in total. The minimum absolute atomic E-state index is 0.692. The predicted octanol–water partition coefficient (Wildman–Crippen LogP) is 1.43. The monoisotopic (exact) mass is 231 g/mol. The summed E-state index contributed by atoms with van der Waals surface area (Å²) in [6.45, 7) is 9.07. The van der Waals surface area contributed by atoms with Gasteiger partial charge in [0.1, 0.15) is 0 Å². The van der Waals surface area contributed by atoms with Crippen molar-refractivity contribution in [1.29, 1.82) is 0 Å². The van der Waals surface area contributed by atoms with Crippen molar-refractivity contribution in [3.8, 4) is 0 Å². The lowest BCUT2D eigenvalue weighted by atomic mass is 9.95. The molecule has 2 saturated heterocycles. The Kier molecular flexibility index (Phi) is 2.89. The molecule has 0 bridgehead atoms. The molecule has 1 aromatic rings. The number of likely N-dealkylation sites (tertiary alicyclic amines) is 1. The average Bonchev–Trinajstić information content (AvgIpc) is 2.84. The van der Waals surface area contributed by atoms with E-state index >= 15 is 0 Å². The van der Waals surface area contributed by atoms with Gasteiger partial charge >= 0.3 is 0 Å². The molecule has 3 unspecified atom stereocenters. The summed E-state index contributed by atoms with van der Waals surface area (Å²) in [5.41, 5.74) is 2.33. The van der Waals surface area contributed by atoms with Crippen LogP contribution in [0.4, 0.5) is 0 Å². The van der Waals surface area contributed by atoms with E-state index in [0.717, 1.165) is 24.1 Å². The molecule has 3 atom stereocenters. The molecule has 1 aromatic heterocycles. The van der Waals surface area contributed by atoms with Gasteiger partial charge in [0.15, 0.2) is 0 Å². The second kappa shape index (κ2) is 4.39. The number of hydrogen-bond donors (Lipinski definition) is 1. The van der Waals surface area contributed by atoms with E-state index in [-0.39, 0.29) is 0 Å². The van der Waals surface area contributed by atoms with Gasteiger partial charge in [-0.25, -0.2) is 0 Å². The van der Waals surface area contributed by atoms with Crippen LogP contribution in [0, 0.1) is 18.8 Å². The summed E-state index contributed by atoms with van der Waals surface area (Å²) in [5.74, 6) is 1.70. The molecule has 2 aliphatic rings. The van der Waals surface area contributed by atoms with Gasteiger partial charge in [0.05, 0.1) is 5.69 Å². The average molecular weight is 231 g/mol. The number of nitrogens with zero attached hydrogens (tertiary/aromatic N) is 2. The first-order valence-corrected chi connectivity index (χ1v) is 6.61. The number of fused-ring (bicyclic) bond motifs is 1. The van der Waals surface area contributed by atoms with Crippen molar-refractivity contribution in [1.82, 2.24) is 15.2 Å². The van der Waals surface area contributed by atoms with Gasteiger partial charge in [-0.05, 0) is 50.9 Å². The number of pyridine rings is 1. The Hall–Kier alpha value is -0.930. The van der Waals surface area contributed by atoms with Gasteiger partial charge in [0.25, 0.3) is 0 Å². The van der Waals surface area contributed by atoms with Gasteiger partial charge in [0, 0.05) is 24.8 Å². The van der Waals surface area contributed by atoms with Gasteiger partial charge in [0.2, 0.25) is 0 Å². The second-order valence-corrected chi connectivity index (χ2v) is 5.52. The van der Waals surface area contributed by atoms with Crippen molar-refractivity contribution in [2.45, 2.75) is 26.4 Å². The molecule has 2 fully saturated rings. The van der Waals surface area contributed by atoms with Crippen LogP contribution in [0.1, 0.15) is 18.3 Å². The summed E-state index contributed by atoms with van der Waals surface area (Å²) in [7, 11) is 0. The van der Waals surface area contributed by atoms with Gasteiger partial charge in [-0.2, -0.15) is 0 Å². The fraction of sp³-hybridized carbons (Fsp3) is 0.643. The highest BCUT2D eigenvalue weighted by Crippen LogP contribution is 2.32. The molecule has 2 aliphatic heterocycles. The van der Waals surface area contributed by atoms with E-state index in [2.05, 4.69) is 47.2 Å². The smallest absolute Gasteiger partial charge is 0.0547 e. The molecular weight excluding hydrogens is 210 g/mol. The van der Waals surface area contributed by atoms with Crippen LogP contribution in [-0.2, 0) is 6.54 Å². The molecule has 0 saturated carbocycles. The highest BCUT2D eigenvalue weighted by atomic mass is 15.2. The molecule has 92 valence electrons. The second-order valence-electron chi connectivity index (χ2n) is 5.52. The fourth-order valence-corrected chi connectivity index (χ4v) is 3.36. The van der Waals surface area contributed by atoms with Crippen molar-refractivity contribution >= 4 is 0 Å². The van der Waals surface area contributed by atoms with Crippen LogP contribution in [0.3, 0.4) is 0 Å². The number of nitrogens with one attached hydrogen (secondary N) is 1. The zero-order chi connectivity index (χ0) is 11.8. The summed E-state index contributed by atoms with van der Waals surface area (Å²) in [6, 6.07) is 7.01. The van der Waals surface area contributed by atoms with Crippen LogP contribution in [0.25, 0.3) is 0 Å².